The van der Waals surface area contributed by atoms with E-state index in [1.165, 1.54) is 31.4 Å². The lowest BCUT2D eigenvalue weighted by Gasteiger charge is -2.18. The second kappa shape index (κ2) is 6.60. The summed E-state index contributed by atoms with van der Waals surface area (Å²) in [6.07, 6.45) is 0.147. The normalized spacial score (nSPS) is 12.2. The van der Waals surface area contributed by atoms with Crippen molar-refractivity contribution >= 4 is 0 Å². The van der Waals surface area contributed by atoms with Crippen LogP contribution in [-0.2, 0) is 6.42 Å². The SMILES string of the molecule is COc1ccc(C(Cc2cc(F)cc(F)c2)NN)c(F)c1. The molecule has 0 spiro atoms. The van der Waals surface area contributed by atoms with E-state index >= 15 is 0 Å². The Bertz CT molecular complexity index is 614. The van der Waals surface area contributed by atoms with Crippen LogP contribution in [0.25, 0.3) is 0 Å². The molecule has 1 atom stereocenters. The van der Waals surface area contributed by atoms with Crippen molar-refractivity contribution in [3.8, 4) is 5.75 Å². The van der Waals surface area contributed by atoms with Crippen LogP contribution in [0, 0.1) is 17.5 Å². The third-order valence-electron chi connectivity index (χ3n) is 3.15. The zero-order valence-electron chi connectivity index (χ0n) is 11.4. The molecule has 2 rings (SSSR count). The summed E-state index contributed by atoms with van der Waals surface area (Å²) >= 11 is 0. The Morgan fingerprint density at radius 3 is 2.29 bits per heavy atom. The van der Waals surface area contributed by atoms with Gasteiger partial charge in [0.1, 0.15) is 23.2 Å². The second-order valence-corrected chi connectivity index (χ2v) is 4.59. The van der Waals surface area contributed by atoms with Crippen LogP contribution in [-0.4, -0.2) is 7.11 Å². The summed E-state index contributed by atoms with van der Waals surface area (Å²) < 4.78 is 45.3. The van der Waals surface area contributed by atoms with Crippen molar-refractivity contribution in [1.29, 1.82) is 0 Å². The maximum Gasteiger partial charge on any atom is 0.131 e. The molecule has 3 nitrogen and oxygen atoms in total. The number of halogens is 3. The fraction of sp³-hybridized carbons (Fsp3) is 0.200. The molecule has 2 aromatic rings. The number of rotatable bonds is 5. The summed E-state index contributed by atoms with van der Waals surface area (Å²) in [5.41, 5.74) is 3.13. The lowest BCUT2D eigenvalue weighted by Crippen LogP contribution is -2.30. The lowest BCUT2D eigenvalue weighted by molar-refractivity contribution is 0.409. The number of hydrazine groups is 1. The van der Waals surface area contributed by atoms with Crippen LogP contribution >= 0.6 is 0 Å². The monoisotopic (exact) mass is 296 g/mol. The topological polar surface area (TPSA) is 47.3 Å². The number of methoxy groups -OCH3 is 1. The van der Waals surface area contributed by atoms with E-state index in [1.54, 1.807) is 6.07 Å². The minimum Gasteiger partial charge on any atom is -0.497 e. The zero-order valence-corrected chi connectivity index (χ0v) is 11.4. The highest BCUT2D eigenvalue weighted by Gasteiger charge is 2.16. The molecule has 0 radical (unpaired) electrons. The predicted octanol–water partition coefficient (Wildman–Crippen LogP) is 2.86. The van der Waals surface area contributed by atoms with Gasteiger partial charge in [-0.05, 0) is 30.2 Å². The number of nitrogens with one attached hydrogen (secondary N) is 1. The first-order chi connectivity index (χ1) is 10.0. The van der Waals surface area contributed by atoms with Crippen LogP contribution in [0.2, 0.25) is 0 Å². The van der Waals surface area contributed by atoms with Crippen LogP contribution in [0.15, 0.2) is 36.4 Å². The van der Waals surface area contributed by atoms with Crippen molar-refractivity contribution in [2.75, 3.05) is 7.11 Å². The number of hydrogen-bond acceptors (Lipinski definition) is 3. The van der Waals surface area contributed by atoms with E-state index < -0.39 is 23.5 Å². The molecule has 0 fully saturated rings. The average molecular weight is 296 g/mol. The first kappa shape index (κ1) is 15.3. The van der Waals surface area contributed by atoms with Crippen molar-refractivity contribution < 1.29 is 17.9 Å². The second-order valence-electron chi connectivity index (χ2n) is 4.59. The Labute approximate surface area is 120 Å². The van der Waals surface area contributed by atoms with Crippen molar-refractivity contribution in [1.82, 2.24) is 5.43 Å². The number of nitrogens with two attached hydrogens (primary N) is 1. The Hall–Kier alpha value is -2.05. The molecule has 3 N–H and O–H groups in total. The van der Waals surface area contributed by atoms with Gasteiger partial charge in [-0.2, -0.15) is 0 Å². The Balaban J connectivity index is 2.27. The van der Waals surface area contributed by atoms with E-state index in [9.17, 15) is 13.2 Å². The molecule has 0 bridgehead atoms. The summed E-state index contributed by atoms with van der Waals surface area (Å²) in [7, 11) is 1.43. The smallest absolute Gasteiger partial charge is 0.131 e. The van der Waals surface area contributed by atoms with Gasteiger partial charge in [-0.15, -0.1) is 0 Å². The van der Waals surface area contributed by atoms with Crippen LogP contribution in [0.1, 0.15) is 17.2 Å². The highest BCUT2D eigenvalue weighted by atomic mass is 19.1. The fourth-order valence-corrected chi connectivity index (χ4v) is 2.14. The predicted molar refractivity (Wildman–Crippen MR) is 73.1 cm³/mol. The highest BCUT2D eigenvalue weighted by Crippen LogP contribution is 2.24. The van der Waals surface area contributed by atoms with Gasteiger partial charge >= 0.3 is 0 Å². The molecule has 0 aromatic heterocycles. The van der Waals surface area contributed by atoms with Crippen LogP contribution in [0.4, 0.5) is 13.2 Å². The summed E-state index contributed by atoms with van der Waals surface area (Å²) in [4.78, 5) is 0. The quantitative estimate of drug-likeness (QED) is 0.659. The molecule has 0 saturated heterocycles. The van der Waals surface area contributed by atoms with Crippen molar-refractivity contribution in [2.24, 2.45) is 5.84 Å². The van der Waals surface area contributed by atoms with E-state index in [-0.39, 0.29) is 6.42 Å². The number of hydrogen-bond donors (Lipinski definition) is 2. The van der Waals surface area contributed by atoms with E-state index in [4.69, 9.17) is 10.6 Å². The van der Waals surface area contributed by atoms with Crippen LogP contribution in [0.3, 0.4) is 0 Å². The van der Waals surface area contributed by atoms with Crippen molar-refractivity contribution in [2.45, 2.75) is 12.5 Å². The molecule has 0 aliphatic heterocycles. The molecular formula is C15H15F3N2O. The number of ether oxygens (including phenoxy) is 1. The van der Waals surface area contributed by atoms with Gasteiger partial charge in [-0.3, -0.25) is 11.3 Å². The average Bonchev–Trinajstić information content (AvgIpc) is 2.44. The van der Waals surface area contributed by atoms with Gasteiger partial charge in [0.05, 0.1) is 13.2 Å². The number of benzene rings is 2. The molecule has 0 amide bonds. The first-order valence-corrected chi connectivity index (χ1v) is 6.28. The van der Waals surface area contributed by atoms with Gasteiger partial charge in [-0.25, -0.2) is 13.2 Å². The third kappa shape index (κ3) is 3.74. The minimum atomic E-state index is -0.684. The molecule has 112 valence electrons. The van der Waals surface area contributed by atoms with Gasteiger partial charge in [0.15, 0.2) is 0 Å². The van der Waals surface area contributed by atoms with E-state index in [0.717, 1.165) is 6.07 Å². The molecule has 0 aliphatic carbocycles. The minimum absolute atomic E-state index is 0.147. The van der Waals surface area contributed by atoms with Gasteiger partial charge in [0.25, 0.3) is 0 Å². The molecule has 0 heterocycles. The maximum atomic E-state index is 14.0. The highest BCUT2D eigenvalue weighted by molar-refractivity contribution is 5.32. The van der Waals surface area contributed by atoms with Crippen molar-refractivity contribution in [3.05, 3.63) is 65.0 Å². The summed E-state index contributed by atoms with van der Waals surface area (Å²) in [5.74, 6) is 3.94. The summed E-state index contributed by atoms with van der Waals surface area (Å²) in [6, 6.07) is 6.89. The Kier molecular flexibility index (Phi) is 4.82. The van der Waals surface area contributed by atoms with Crippen LogP contribution in [0.5, 0.6) is 5.75 Å². The van der Waals surface area contributed by atoms with E-state index in [0.29, 0.717) is 16.9 Å². The first-order valence-electron chi connectivity index (χ1n) is 6.28. The van der Waals surface area contributed by atoms with Gasteiger partial charge in [0.2, 0.25) is 0 Å². The van der Waals surface area contributed by atoms with Crippen molar-refractivity contribution in [3.63, 3.8) is 0 Å². The standard InChI is InChI=1S/C15H15F3N2O/c1-21-12-2-3-13(14(18)8-12)15(20-19)6-9-4-10(16)7-11(17)5-9/h2-5,7-8,15,20H,6,19H2,1H3. The largest absolute Gasteiger partial charge is 0.497 e. The van der Waals surface area contributed by atoms with Gasteiger partial charge in [-0.1, -0.05) is 6.07 Å². The Morgan fingerprint density at radius 2 is 1.76 bits per heavy atom. The summed E-state index contributed by atoms with van der Waals surface area (Å²) in [6.45, 7) is 0. The molecule has 6 heteroatoms. The van der Waals surface area contributed by atoms with Gasteiger partial charge < -0.3 is 4.74 Å². The molecule has 2 aromatic carbocycles. The molecule has 0 aliphatic rings. The summed E-state index contributed by atoms with van der Waals surface area (Å²) in [5, 5.41) is 0. The van der Waals surface area contributed by atoms with Crippen LogP contribution < -0.4 is 16.0 Å². The lowest BCUT2D eigenvalue weighted by atomic mass is 9.98. The van der Waals surface area contributed by atoms with E-state index in [1.807, 2.05) is 0 Å². The zero-order chi connectivity index (χ0) is 15.4. The molecule has 21 heavy (non-hydrogen) atoms. The molecule has 1 unspecified atom stereocenters. The maximum absolute atomic E-state index is 14.0. The third-order valence-corrected chi connectivity index (χ3v) is 3.15. The Morgan fingerprint density at radius 1 is 1.10 bits per heavy atom. The molecular weight excluding hydrogens is 281 g/mol. The van der Waals surface area contributed by atoms with Gasteiger partial charge in [0, 0.05) is 17.7 Å². The molecule has 0 saturated carbocycles. The van der Waals surface area contributed by atoms with E-state index in [2.05, 4.69) is 5.43 Å². The fourth-order valence-electron chi connectivity index (χ4n) is 2.14.